The second-order valence-corrected chi connectivity index (χ2v) is 32.0. The summed E-state index contributed by atoms with van der Waals surface area (Å²) < 4.78 is 74.7. The first kappa shape index (κ1) is 92.4. The summed E-state index contributed by atoms with van der Waals surface area (Å²) in [5, 5.41) is 205. The average molecular weight is 1550 g/mol. The lowest BCUT2D eigenvalue weighted by Gasteiger charge is -2.50. The van der Waals surface area contributed by atoms with Crippen LogP contribution in [0.5, 0.6) is 0 Å². The number of aliphatic hydroxyl groups is 18. The molecule has 2 bridgehead atoms. The molecule has 626 valence electrons. The van der Waals surface area contributed by atoms with Gasteiger partial charge in [-0.15, -0.1) is 0 Å². The van der Waals surface area contributed by atoms with Crippen LogP contribution < -0.4 is 0 Å². The molecule has 6 saturated heterocycles. The number of ether oxygens (including phenoxy) is 12. The third-order valence-corrected chi connectivity index (χ3v) is 23.5. The van der Waals surface area contributed by atoms with Crippen molar-refractivity contribution < 1.29 is 154 Å². The quantitative estimate of drug-likeness (QED) is 0.0891. The lowest BCUT2D eigenvalue weighted by atomic mass is 9.79. The van der Waals surface area contributed by atoms with Crippen molar-refractivity contribution in [2.75, 3.05) is 0 Å². The topological polar surface area (TPSA) is 492 Å². The van der Waals surface area contributed by atoms with Crippen molar-refractivity contribution in [2.45, 2.75) is 394 Å². The van der Waals surface area contributed by atoms with Gasteiger partial charge in [-0.1, -0.05) is 91.0 Å². The molecule has 7 aliphatic rings. The number of allylic oxidation sites excluding steroid dienone is 4. The van der Waals surface area contributed by atoms with Gasteiger partial charge in [0.05, 0.1) is 122 Å². The number of rotatable bonds is 17. The van der Waals surface area contributed by atoms with Crippen LogP contribution in [0.15, 0.2) is 48.6 Å². The summed E-state index contributed by atoms with van der Waals surface area (Å²) in [6, 6.07) is 0. The van der Waals surface area contributed by atoms with E-state index in [0.29, 0.717) is 32.1 Å². The Bertz CT molecular complexity index is 2740. The maximum absolute atomic E-state index is 13.6. The molecule has 0 aromatic carbocycles. The van der Waals surface area contributed by atoms with E-state index in [1.807, 2.05) is 27.7 Å². The van der Waals surface area contributed by atoms with Gasteiger partial charge in [-0.2, -0.15) is 0 Å². The minimum Gasteiger partial charge on any atom is -0.458 e. The van der Waals surface area contributed by atoms with Crippen molar-refractivity contribution in [1.29, 1.82) is 0 Å². The Labute approximate surface area is 634 Å². The molecule has 0 saturated carbocycles. The average Bonchev–Trinajstić information content (AvgIpc) is 0.772. The van der Waals surface area contributed by atoms with Crippen LogP contribution >= 0.6 is 0 Å². The SMILES string of the molecule is CCC(O[C@H]1CC[C@H](O[C@H]2CC[C@H](O)[C@@H](C)O2)[C@@H](C)O1)C(C)C(O)C(C)C(O)C(C)C1C/C=C/C=C/C(O)CC(O)C(C)C(O)CC(O)C(C)C2CC(O)C(O)C(O)(CC(O[C@@H]3O[C@H](C)[C@@H](O)[C@H](O[C@H]4C[C@@H](O)[C@H](O)[C@@H](C)O4)[C@H]3O[C@@H]3O[C@H](C)[C@@H](O)[C@H](O)[C@@H]3O)C(C)CCC(O)CC(O)C/C=C\C=C\C(=O)O1)O2. The highest BCUT2D eigenvalue weighted by molar-refractivity contribution is 5.82. The summed E-state index contributed by atoms with van der Waals surface area (Å²) in [4.78, 5) is 13.6. The Morgan fingerprint density at radius 3 is 1.79 bits per heavy atom. The molecule has 0 aromatic rings. The van der Waals surface area contributed by atoms with Gasteiger partial charge >= 0.3 is 5.97 Å². The van der Waals surface area contributed by atoms with E-state index in [0.717, 1.165) is 6.08 Å². The van der Waals surface area contributed by atoms with E-state index in [1.165, 1.54) is 58.9 Å². The second-order valence-electron chi connectivity index (χ2n) is 32.0. The van der Waals surface area contributed by atoms with Gasteiger partial charge < -0.3 is 149 Å². The van der Waals surface area contributed by atoms with Gasteiger partial charge in [-0.25, -0.2) is 4.79 Å². The van der Waals surface area contributed by atoms with Gasteiger partial charge in [0.2, 0.25) is 0 Å². The number of cyclic esters (lactones) is 1. The highest BCUT2D eigenvalue weighted by atomic mass is 16.8. The summed E-state index contributed by atoms with van der Waals surface area (Å²) in [6.45, 7) is 20.0. The smallest absolute Gasteiger partial charge is 0.331 e. The van der Waals surface area contributed by atoms with Gasteiger partial charge in [0.15, 0.2) is 37.2 Å². The minimum atomic E-state index is -2.72. The molecule has 31 nitrogen and oxygen atoms in total. The lowest BCUT2D eigenvalue weighted by Crippen LogP contribution is -2.65. The summed E-state index contributed by atoms with van der Waals surface area (Å²) in [7, 11) is 0. The molecule has 31 heteroatoms. The van der Waals surface area contributed by atoms with Crippen molar-refractivity contribution in [1.82, 2.24) is 0 Å². The number of esters is 1. The molecule has 6 fully saturated rings. The Balaban J connectivity index is 1.09. The first-order chi connectivity index (χ1) is 50.8. The Kier molecular flexibility index (Phi) is 36.6. The molecule has 0 amide bonds. The van der Waals surface area contributed by atoms with Gasteiger partial charge in [0.1, 0.15) is 54.9 Å². The predicted molar refractivity (Wildman–Crippen MR) is 384 cm³/mol. The van der Waals surface area contributed by atoms with Gasteiger partial charge in [0.25, 0.3) is 0 Å². The molecule has 7 rings (SSSR count). The predicted octanol–water partition coefficient (Wildman–Crippen LogP) is 0.697. The van der Waals surface area contributed by atoms with Crippen LogP contribution in [0.25, 0.3) is 0 Å². The van der Waals surface area contributed by atoms with Crippen molar-refractivity contribution in [2.24, 2.45) is 35.5 Å². The van der Waals surface area contributed by atoms with Crippen LogP contribution in [0.1, 0.15) is 179 Å². The zero-order valence-electron chi connectivity index (χ0n) is 64.7. The highest BCUT2D eigenvalue weighted by Gasteiger charge is 2.56. The van der Waals surface area contributed by atoms with E-state index in [9.17, 15) is 96.7 Å². The van der Waals surface area contributed by atoms with E-state index in [2.05, 4.69) is 0 Å². The normalized spacial score (nSPS) is 47.6. The molecule has 0 aliphatic carbocycles. The lowest BCUT2D eigenvalue weighted by molar-refractivity contribution is -0.390. The fourth-order valence-corrected chi connectivity index (χ4v) is 15.6. The van der Waals surface area contributed by atoms with Gasteiger partial charge in [-0.05, 0) is 91.9 Å². The Hall–Kier alpha value is -2.73. The highest BCUT2D eigenvalue weighted by Crippen LogP contribution is 2.42. The molecule has 0 aromatic heterocycles. The van der Waals surface area contributed by atoms with Crippen LogP contribution in [0.2, 0.25) is 0 Å². The molecule has 18 N–H and O–H groups in total. The number of aliphatic hydroxyl groups excluding tert-OH is 17. The Morgan fingerprint density at radius 1 is 0.491 bits per heavy atom. The fraction of sp³-hybridized carbons (Fsp3) is 0.883. The molecule has 0 radical (unpaired) electrons. The minimum absolute atomic E-state index is 0.00606. The van der Waals surface area contributed by atoms with Gasteiger partial charge in [0, 0.05) is 80.6 Å². The van der Waals surface area contributed by atoms with Crippen molar-refractivity contribution in [3.8, 4) is 0 Å². The summed E-state index contributed by atoms with van der Waals surface area (Å²) in [5.41, 5.74) is 0. The molecular formula is C77H132O31. The number of hydrogen-bond donors (Lipinski definition) is 18. The van der Waals surface area contributed by atoms with Crippen LogP contribution in [-0.4, -0.2) is 312 Å². The van der Waals surface area contributed by atoms with Crippen LogP contribution in [0, 0.1) is 35.5 Å². The van der Waals surface area contributed by atoms with E-state index in [-0.39, 0.29) is 76.1 Å². The van der Waals surface area contributed by atoms with Crippen molar-refractivity contribution in [3.05, 3.63) is 48.6 Å². The Morgan fingerprint density at radius 2 is 1.11 bits per heavy atom. The first-order valence-corrected chi connectivity index (χ1v) is 39.2. The van der Waals surface area contributed by atoms with Gasteiger partial charge in [-0.3, -0.25) is 0 Å². The third kappa shape index (κ3) is 25.4. The number of fused-ring (bicyclic) bond motifs is 2. The van der Waals surface area contributed by atoms with E-state index in [1.54, 1.807) is 39.0 Å². The largest absolute Gasteiger partial charge is 0.458 e. The zero-order chi connectivity index (χ0) is 79.9. The summed E-state index contributed by atoms with van der Waals surface area (Å²) >= 11 is 0. The number of carbonyl (C=O) groups is 1. The number of hydrogen-bond acceptors (Lipinski definition) is 31. The molecular weight excluding hydrogens is 1420 g/mol. The maximum atomic E-state index is 13.6. The second kappa shape index (κ2) is 42.8. The maximum Gasteiger partial charge on any atom is 0.331 e. The standard InChI is InChI=1S/C77H132O31/c1-13-56(103-63-29-27-58(43(9)98-63)104-62-28-26-50(81)42(8)97-62)39(5)65(88)41(7)66(89)40(6)57-22-18-14-16-21-48(79)31-51(82)37(3)52(83)32-53(84)38(4)59-33-55(86)74(95)77(96,108-59)35-60(36(2)24-25-49(80)30-47(78)20-17-15-19-23-61(87)102-57)105-76-73(107-75-71(94)70(93)68(91)45(11)100-75)72(69(92)46(12)101-76)106-64-34-54(85)67(90)44(10)99-64/h14-19,21,23,36-60,62-76,78-86,88-96H,13,20,22,24-35H2,1-12H3/b17-15-,18-14+,21-16+,23-19+/t36?,37?,38?,39?,40?,41?,42-,43-,44-,45-,46-,47?,48?,49?,50+,51?,52?,53?,54-,55?,56?,57?,58+,59?,60?,62+,63+,64+,65?,66?,67-,68-,69-,70+,71+,72+,73-,74?,75+,76+,77?/m1/s1. The summed E-state index contributed by atoms with van der Waals surface area (Å²) in [5.74, 6) is -8.32. The molecule has 7 heterocycles. The van der Waals surface area contributed by atoms with Crippen LogP contribution in [-0.2, 0) is 61.6 Å². The van der Waals surface area contributed by atoms with E-state index < -0.39 is 244 Å². The van der Waals surface area contributed by atoms with Crippen molar-refractivity contribution in [3.63, 3.8) is 0 Å². The molecule has 0 spiro atoms. The monoisotopic (exact) mass is 1550 g/mol. The molecule has 7 aliphatic heterocycles. The number of carbonyl (C=O) groups excluding carboxylic acids is 1. The van der Waals surface area contributed by atoms with E-state index >= 15 is 0 Å². The molecule has 21 unspecified atom stereocenters. The van der Waals surface area contributed by atoms with Crippen LogP contribution in [0.3, 0.4) is 0 Å². The van der Waals surface area contributed by atoms with Crippen molar-refractivity contribution >= 4 is 5.97 Å². The van der Waals surface area contributed by atoms with Crippen LogP contribution in [0.4, 0.5) is 0 Å². The first-order valence-electron chi connectivity index (χ1n) is 39.2. The molecule has 41 atom stereocenters. The molecule has 108 heavy (non-hydrogen) atoms. The third-order valence-electron chi connectivity index (χ3n) is 23.5. The summed E-state index contributed by atoms with van der Waals surface area (Å²) in [6.07, 6.45) is -28.8. The fourth-order valence-electron chi connectivity index (χ4n) is 15.6. The van der Waals surface area contributed by atoms with E-state index in [4.69, 9.17) is 56.8 Å². The zero-order valence-corrected chi connectivity index (χ0v) is 64.7.